The average molecular weight is 179 g/mol. The van der Waals surface area contributed by atoms with E-state index in [0.717, 1.165) is 35.3 Å². The van der Waals surface area contributed by atoms with Crippen molar-refractivity contribution in [3.63, 3.8) is 0 Å². The third-order valence-electron chi connectivity index (χ3n) is 1.97. The zero-order chi connectivity index (χ0) is 8.55. The van der Waals surface area contributed by atoms with Crippen molar-refractivity contribution in [2.45, 2.75) is 25.0 Å². The molecule has 1 aliphatic heterocycles. The molecule has 0 aliphatic carbocycles. The number of thioether (sulfide) groups is 1. The van der Waals surface area contributed by atoms with Gasteiger partial charge in [0, 0.05) is 12.3 Å². The van der Waals surface area contributed by atoms with E-state index in [1.54, 1.807) is 11.8 Å². The molecule has 0 aromatic carbocycles. The second-order valence-corrected chi connectivity index (χ2v) is 3.86. The summed E-state index contributed by atoms with van der Waals surface area (Å²) in [7, 11) is 0. The third-order valence-corrected chi connectivity index (χ3v) is 3.03. The first-order valence-electron chi connectivity index (χ1n) is 3.93. The second-order valence-electron chi connectivity index (χ2n) is 2.79. The Hall–Kier alpha value is -0.950. The predicted molar refractivity (Wildman–Crippen MR) is 47.0 cm³/mol. The Bertz CT molecular complexity index is 348. The van der Waals surface area contributed by atoms with Gasteiger partial charge in [0.1, 0.15) is 11.8 Å². The van der Waals surface area contributed by atoms with Crippen LogP contribution >= 0.6 is 11.8 Å². The first kappa shape index (κ1) is 7.69. The van der Waals surface area contributed by atoms with Crippen LogP contribution in [-0.2, 0) is 6.54 Å². The van der Waals surface area contributed by atoms with Crippen LogP contribution in [0.1, 0.15) is 17.8 Å². The number of imidazole rings is 1. The van der Waals surface area contributed by atoms with Gasteiger partial charge in [-0.15, -0.1) is 0 Å². The van der Waals surface area contributed by atoms with Crippen molar-refractivity contribution in [1.29, 1.82) is 5.26 Å². The van der Waals surface area contributed by atoms with Gasteiger partial charge in [0.05, 0.1) is 5.69 Å². The Balaban J connectivity index is 2.56. The van der Waals surface area contributed by atoms with Gasteiger partial charge in [0.15, 0.2) is 5.16 Å². The average Bonchev–Trinajstić information content (AvgIpc) is 2.40. The van der Waals surface area contributed by atoms with Crippen LogP contribution in [0.15, 0.2) is 5.16 Å². The molecule has 0 N–H and O–H groups in total. The molecule has 3 nitrogen and oxygen atoms in total. The summed E-state index contributed by atoms with van der Waals surface area (Å²) in [5.74, 6) is 1.13. The van der Waals surface area contributed by atoms with Crippen molar-refractivity contribution in [1.82, 2.24) is 9.55 Å². The van der Waals surface area contributed by atoms with E-state index in [4.69, 9.17) is 5.26 Å². The van der Waals surface area contributed by atoms with E-state index in [0.29, 0.717) is 0 Å². The highest BCUT2D eigenvalue weighted by atomic mass is 32.2. The lowest BCUT2D eigenvalue weighted by molar-refractivity contribution is 0.601. The lowest BCUT2D eigenvalue weighted by Gasteiger charge is -2.12. The highest BCUT2D eigenvalue weighted by Gasteiger charge is 2.17. The van der Waals surface area contributed by atoms with E-state index in [9.17, 15) is 0 Å². The molecular weight excluding hydrogens is 170 g/mol. The van der Waals surface area contributed by atoms with Crippen molar-refractivity contribution in [2.24, 2.45) is 0 Å². The van der Waals surface area contributed by atoms with Crippen LogP contribution in [-0.4, -0.2) is 15.3 Å². The highest BCUT2D eigenvalue weighted by Crippen LogP contribution is 2.26. The van der Waals surface area contributed by atoms with Gasteiger partial charge in [-0.2, -0.15) is 5.26 Å². The van der Waals surface area contributed by atoms with Gasteiger partial charge in [-0.3, -0.25) is 0 Å². The lowest BCUT2D eigenvalue weighted by atomic mass is 10.3. The summed E-state index contributed by atoms with van der Waals surface area (Å²) < 4.78 is 2.02. The molecule has 0 amide bonds. The smallest absolute Gasteiger partial charge is 0.169 e. The molecule has 1 aromatic heterocycles. The SMILES string of the molecule is Cc1nc2n(c1C#N)CCCS2. The molecule has 1 aliphatic rings. The number of nitrogens with zero attached hydrogens (tertiary/aromatic N) is 3. The standard InChI is InChI=1S/C8H9N3S/c1-6-7(5-9)11-3-2-4-12-8(11)10-6/h2-4H2,1H3. The monoisotopic (exact) mass is 179 g/mol. The van der Waals surface area contributed by atoms with Gasteiger partial charge < -0.3 is 4.57 Å². The van der Waals surface area contributed by atoms with Crippen molar-refractivity contribution < 1.29 is 0 Å². The second kappa shape index (κ2) is 2.83. The molecular formula is C8H9N3S. The Morgan fingerprint density at radius 3 is 3.25 bits per heavy atom. The topological polar surface area (TPSA) is 41.6 Å². The molecule has 0 saturated heterocycles. The zero-order valence-corrected chi connectivity index (χ0v) is 7.69. The van der Waals surface area contributed by atoms with Gasteiger partial charge in [0.2, 0.25) is 0 Å². The summed E-state index contributed by atoms with van der Waals surface area (Å²) in [5, 5.41) is 9.85. The largest absolute Gasteiger partial charge is 0.311 e. The normalized spacial score (nSPS) is 15.3. The molecule has 62 valence electrons. The van der Waals surface area contributed by atoms with Crippen LogP contribution in [0.4, 0.5) is 0 Å². The fourth-order valence-electron chi connectivity index (χ4n) is 1.39. The summed E-state index contributed by atoms with van der Waals surface area (Å²) >= 11 is 1.74. The van der Waals surface area contributed by atoms with Gasteiger partial charge in [-0.1, -0.05) is 11.8 Å². The van der Waals surface area contributed by atoms with Crippen LogP contribution < -0.4 is 0 Å². The van der Waals surface area contributed by atoms with Gasteiger partial charge in [0.25, 0.3) is 0 Å². The molecule has 0 saturated carbocycles. The Labute approximate surface area is 75.4 Å². The summed E-state index contributed by atoms with van der Waals surface area (Å²) in [6.07, 6.45) is 1.14. The maximum Gasteiger partial charge on any atom is 0.169 e. The highest BCUT2D eigenvalue weighted by molar-refractivity contribution is 7.99. The molecule has 0 spiro atoms. The predicted octanol–water partition coefficient (Wildman–Crippen LogP) is 1.56. The number of aryl methyl sites for hydroxylation is 1. The summed E-state index contributed by atoms with van der Waals surface area (Å²) in [6, 6.07) is 2.19. The molecule has 12 heavy (non-hydrogen) atoms. The molecule has 0 fully saturated rings. The van der Waals surface area contributed by atoms with E-state index >= 15 is 0 Å². The minimum absolute atomic E-state index is 0.734. The fourth-order valence-corrected chi connectivity index (χ4v) is 2.39. The Morgan fingerprint density at radius 1 is 1.67 bits per heavy atom. The summed E-state index contributed by atoms with van der Waals surface area (Å²) in [4.78, 5) is 4.33. The van der Waals surface area contributed by atoms with Crippen molar-refractivity contribution in [3.05, 3.63) is 11.4 Å². The number of fused-ring (bicyclic) bond motifs is 1. The number of nitriles is 1. The fraction of sp³-hybridized carbons (Fsp3) is 0.500. The molecule has 1 aromatic rings. The molecule has 0 radical (unpaired) electrons. The van der Waals surface area contributed by atoms with Crippen LogP contribution in [0.25, 0.3) is 0 Å². The molecule has 2 heterocycles. The minimum atomic E-state index is 0.734. The van der Waals surface area contributed by atoms with Crippen LogP contribution in [0.3, 0.4) is 0 Å². The van der Waals surface area contributed by atoms with Gasteiger partial charge in [-0.05, 0) is 13.3 Å². The molecule has 0 unspecified atom stereocenters. The lowest BCUT2D eigenvalue weighted by Crippen LogP contribution is -2.08. The summed E-state index contributed by atoms with van der Waals surface area (Å²) in [5.41, 5.74) is 1.60. The van der Waals surface area contributed by atoms with E-state index in [1.807, 2.05) is 11.5 Å². The Kier molecular flexibility index (Phi) is 1.81. The number of hydrogen-bond acceptors (Lipinski definition) is 3. The minimum Gasteiger partial charge on any atom is -0.311 e. The Morgan fingerprint density at radius 2 is 2.50 bits per heavy atom. The first-order chi connectivity index (χ1) is 5.83. The van der Waals surface area contributed by atoms with Crippen molar-refractivity contribution in [2.75, 3.05) is 5.75 Å². The molecule has 0 bridgehead atoms. The van der Waals surface area contributed by atoms with Gasteiger partial charge in [-0.25, -0.2) is 4.98 Å². The number of hydrogen-bond donors (Lipinski definition) is 0. The van der Waals surface area contributed by atoms with Crippen molar-refractivity contribution >= 4 is 11.8 Å². The maximum absolute atomic E-state index is 8.84. The van der Waals surface area contributed by atoms with Crippen LogP contribution in [0.2, 0.25) is 0 Å². The summed E-state index contributed by atoms with van der Waals surface area (Å²) in [6.45, 7) is 2.84. The molecule has 0 atom stereocenters. The van der Waals surface area contributed by atoms with E-state index in [2.05, 4.69) is 11.1 Å². The molecule has 2 rings (SSSR count). The first-order valence-corrected chi connectivity index (χ1v) is 4.91. The van der Waals surface area contributed by atoms with E-state index in [1.165, 1.54) is 0 Å². The number of rotatable bonds is 0. The molecule has 4 heteroatoms. The van der Waals surface area contributed by atoms with Gasteiger partial charge >= 0.3 is 0 Å². The quantitative estimate of drug-likeness (QED) is 0.607. The third kappa shape index (κ3) is 1.01. The van der Waals surface area contributed by atoms with E-state index in [-0.39, 0.29) is 0 Å². The van der Waals surface area contributed by atoms with Crippen LogP contribution in [0, 0.1) is 18.3 Å². The van der Waals surface area contributed by atoms with Crippen LogP contribution in [0.5, 0.6) is 0 Å². The van der Waals surface area contributed by atoms with Crippen molar-refractivity contribution in [3.8, 4) is 6.07 Å². The van der Waals surface area contributed by atoms with E-state index < -0.39 is 0 Å². The zero-order valence-electron chi connectivity index (χ0n) is 6.87. The maximum atomic E-state index is 8.84. The number of aromatic nitrogens is 2.